The van der Waals surface area contributed by atoms with Crippen molar-refractivity contribution in [3.63, 3.8) is 0 Å². The Kier molecular flexibility index (Phi) is 2.28. The summed E-state index contributed by atoms with van der Waals surface area (Å²) in [5.41, 5.74) is -0.657. The van der Waals surface area contributed by atoms with Gasteiger partial charge in [0, 0.05) is 0 Å². The van der Waals surface area contributed by atoms with Gasteiger partial charge in [-0.15, -0.1) is 0 Å². The van der Waals surface area contributed by atoms with Crippen LogP contribution in [0.2, 0.25) is 0 Å². The predicted octanol–water partition coefficient (Wildman–Crippen LogP) is 0.695. The minimum Gasteiger partial charge on any atom is -0.504 e. The van der Waals surface area contributed by atoms with E-state index in [2.05, 4.69) is 0 Å². The Hall–Kier alpha value is -1.75. The highest BCUT2D eigenvalue weighted by atomic mass is 16.3. The lowest BCUT2D eigenvalue weighted by atomic mass is 9.88. The number of phenols is 2. The van der Waals surface area contributed by atoms with Gasteiger partial charge in [0.05, 0.1) is 18.7 Å². The summed E-state index contributed by atoms with van der Waals surface area (Å²) >= 11 is 0. The third kappa shape index (κ3) is 1.62. The maximum atomic E-state index is 12.1. The highest BCUT2D eigenvalue weighted by Crippen LogP contribution is 2.45. The Morgan fingerprint density at radius 1 is 1.28 bits per heavy atom. The molecule has 18 heavy (non-hydrogen) atoms. The first-order chi connectivity index (χ1) is 8.51. The van der Waals surface area contributed by atoms with Gasteiger partial charge in [-0.1, -0.05) is 6.07 Å². The van der Waals surface area contributed by atoms with Crippen LogP contribution < -0.4 is 0 Å². The number of rotatable bonds is 2. The van der Waals surface area contributed by atoms with Crippen LogP contribution in [0.4, 0.5) is 0 Å². The number of hydrogen-bond acceptors (Lipinski definition) is 4. The lowest BCUT2D eigenvalue weighted by Gasteiger charge is -2.47. The topological polar surface area (TPSA) is 81.0 Å². The maximum Gasteiger partial charge on any atom is 0.257 e. The van der Waals surface area contributed by atoms with E-state index in [9.17, 15) is 20.1 Å². The average Bonchev–Trinajstić information content (AvgIpc) is 3.12. The first kappa shape index (κ1) is 11.3. The van der Waals surface area contributed by atoms with Crippen LogP contribution in [-0.2, 0) is 0 Å². The summed E-state index contributed by atoms with van der Waals surface area (Å²) in [6.07, 6.45) is 2.05. The molecule has 2 fully saturated rings. The highest BCUT2D eigenvalue weighted by molar-refractivity contribution is 5.98. The number of carbonyl (C=O) groups excluding carboxylic acids is 1. The molecule has 96 valence electrons. The molecular weight excluding hydrogens is 234 g/mol. The zero-order chi connectivity index (χ0) is 12.9. The molecule has 1 saturated carbocycles. The number of para-hydroxylation sites is 1. The second kappa shape index (κ2) is 3.62. The summed E-state index contributed by atoms with van der Waals surface area (Å²) in [5, 5.41) is 29.1. The molecule has 2 aliphatic rings. The number of nitrogens with zero attached hydrogens (tertiary/aromatic N) is 1. The lowest BCUT2D eigenvalue weighted by Crippen LogP contribution is -2.64. The van der Waals surface area contributed by atoms with Gasteiger partial charge in [-0.2, -0.15) is 0 Å². The van der Waals surface area contributed by atoms with E-state index in [0.717, 1.165) is 12.8 Å². The van der Waals surface area contributed by atoms with Crippen LogP contribution in [0.15, 0.2) is 18.2 Å². The minimum absolute atomic E-state index is 0.0767. The highest BCUT2D eigenvalue weighted by Gasteiger charge is 2.53. The molecule has 1 heterocycles. The van der Waals surface area contributed by atoms with E-state index in [4.69, 9.17) is 0 Å². The molecule has 0 radical (unpaired) electrons. The number of β-amino-alcohol motifs (C(OH)–C–C–N with tert-alkyl or cyclic N) is 1. The summed E-state index contributed by atoms with van der Waals surface area (Å²) < 4.78 is 0. The third-order valence-corrected chi connectivity index (χ3v) is 3.80. The summed E-state index contributed by atoms with van der Waals surface area (Å²) in [7, 11) is 0. The fraction of sp³-hybridized carbons (Fsp3) is 0.462. The van der Waals surface area contributed by atoms with Crippen LogP contribution >= 0.6 is 0 Å². The summed E-state index contributed by atoms with van der Waals surface area (Å²) in [4.78, 5) is 13.6. The molecule has 0 spiro atoms. The van der Waals surface area contributed by atoms with Crippen LogP contribution in [0.1, 0.15) is 23.2 Å². The number of hydrogen-bond donors (Lipinski definition) is 3. The van der Waals surface area contributed by atoms with Crippen molar-refractivity contribution in [1.82, 2.24) is 4.90 Å². The molecule has 1 aliphatic heterocycles. The molecule has 1 aromatic carbocycles. The number of aromatic hydroxyl groups is 2. The second-order valence-electron chi connectivity index (χ2n) is 5.21. The van der Waals surface area contributed by atoms with E-state index in [1.54, 1.807) is 0 Å². The first-order valence-electron chi connectivity index (χ1n) is 6.04. The van der Waals surface area contributed by atoms with E-state index in [-0.39, 0.29) is 17.2 Å². The van der Waals surface area contributed by atoms with E-state index in [0.29, 0.717) is 19.0 Å². The van der Waals surface area contributed by atoms with Crippen molar-refractivity contribution in [2.45, 2.75) is 18.4 Å². The molecule has 1 amide bonds. The average molecular weight is 249 g/mol. The van der Waals surface area contributed by atoms with Gasteiger partial charge in [0.1, 0.15) is 5.60 Å². The molecule has 3 N–H and O–H groups in total. The monoisotopic (exact) mass is 249 g/mol. The quantitative estimate of drug-likeness (QED) is 0.674. The standard InChI is InChI=1S/C13H15NO4/c15-10-3-1-2-9(11(10)16)12(17)14-6-13(18,7-14)8-4-5-8/h1-3,8,15-16,18H,4-7H2. The van der Waals surface area contributed by atoms with Crippen molar-refractivity contribution in [1.29, 1.82) is 0 Å². The molecule has 1 saturated heterocycles. The van der Waals surface area contributed by atoms with Gasteiger partial charge < -0.3 is 20.2 Å². The van der Waals surface area contributed by atoms with E-state index >= 15 is 0 Å². The predicted molar refractivity (Wildman–Crippen MR) is 63.3 cm³/mol. The summed E-state index contributed by atoms with van der Waals surface area (Å²) in [6.45, 7) is 0.622. The van der Waals surface area contributed by atoms with Crippen molar-refractivity contribution in [3.05, 3.63) is 23.8 Å². The largest absolute Gasteiger partial charge is 0.504 e. The summed E-state index contributed by atoms with van der Waals surface area (Å²) in [5.74, 6) is -0.740. The van der Waals surface area contributed by atoms with E-state index in [1.807, 2.05) is 0 Å². The Morgan fingerprint density at radius 2 is 1.94 bits per heavy atom. The Bertz CT molecular complexity index is 504. The zero-order valence-electron chi connectivity index (χ0n) is 9.83. The van der Waals surface area contributed by atoms with E-state index in [1.165, 1.54) is 23.1 Å². The Balaban J connectivity index is 1.74. The van der Waals surface area contributed by atoms with Gasteiger partial charge >= 0.3 is 0 Å². The molecular formula is C13H15NO4. The summed E-state index contributed by atoms with van der Waals surface area (Å²) in [6, 6.07) is 4.30. The second-order valence-corrected chi connectivity index (χ2v) is 5.21. The van der Waals surface area contributed by atoms with Crippen molar-refractivity contribution >= 4 is 5.91 Å². The molecule has 5 heteroatoms. The number of aliphatic hydroxyl groups is 1. The molecule has 0 atom stereocenters. The van der Waals surface area contributed by atoms with Gasteiger partial charge in [-0.3, -0.25) is 4.79 Å². The van der Waals surface area contributed by atoms with Crippen molar-refractivity contribution in [3.8, 4) is 11.5 Å². The van der Waals surface area contributed by atoms with Crippen molar-refractivity contribution in [2.75, 3.05) is 13.1 Å². The fourth-order valence-corrected chi connectivity index (χ4v) is 2.51. The number of amides is 1. The normalized spacial score (nSPS) is 21.5. The SMILES string of the molecule is O=C(c1cccc(O)c1O)N1CC(O)(C2CC2)C1. The number of likely N-dealkylation sites (tertiary alicyclic amines) is 1. The minimum atomic E-state index is -0.734. The van der Waals surface area contributed by atoms with Crippen LogP contribution in [0.3, 0.4) is 0 Å². The van der Waals surface area contributed by atoms with Gasteiger partial charge in [-0.25, -0.2) is 0 Å². The molecule has 0 bridgehead atoms. The van der Waals surface area contributed by atoms with Crippen LogP contribution in [0, 0.1) is 5.92 Å². The molecule has 1 aliphatic carbocycles. The Labute approximate surface area is 104 Å². The van der Waals surface area contributed by atoms with E-state index < -0.39 is 11.4 Å². The molecule has 5 nitrogen and oxygen atoms in total. The maximum absolute atomic E-state index is 12.1. The fourth-order valence-electron chi connectivity index (χ4n) is 2.51. The van der Waals surface area contributed by atoms with Gasteiger partial charge in [-0.05, 0) is 30.9 Å². The molecule has 3 rings (SSSR count). The zero-order valence-corrected chi connectivity index (χ0v) is 9.83. The Morgan fingerprint density at radius 3 is 2.56 bits per heavy atom. The third-order valence-electron chi connectivity index (χ3n) is 3.80. The first-order valence-corrected chi connectivity index (χ1v) is 6.04. The number of phenolic OH excluding ortho intramolecular Hbond substituents is 2. The molecule has 0 unspecified atom stereocenters. The van der Waals surface area contributed by atoms with Gasteiger partial charge in [0.15, 0.2) is 11.5 Å². The lowest BCUT2D eigenvalue weighted by molar-refractivity contribution is -0.0958. The van der Waals surface area contributed by atoms with Crippen LogP contribution in [0.25, 0.3) is 0 Å². The number of benzene rings is 1. The molecule has 1 aromatic rings. The van der Waals surface area contributed by atoms with Crippen LogP contribution in [-0.4, -0.2) is 44.8 Å². The van der Waals surface area contributed by atoms with Crippen molar-refractivity contribution < 1.29 is 20.1 Å². The van der Waals surface area contributed by atoms with Crippen molar-refractivity contribution in [2.24, 2.45) is 5.92 Å². The van der Waals surface area contributed by atoms with Gasteiger partial charge in [0.25, 0.3) is 5.91 Å². The molecule has 0 aromatic heterocycles. The van der Waals surface area contributed by atoms with Crippen LogP contribution in [0.5, 0.6) is 11.5 Å². The smallest absolute Gasteiger partial charge is 0.257 e. The van der Waals surface area contributed by atoms with Gasteiger partial charge in [0.2, 0.25) is 0 Å². The number of carbonyl (C=O) groups is 1.